The van der Waals surface area contributed by atoms with Gasteiger partial charge in [-0.25, -0.2) is 0 Å². The molecule has 1 aliphatic heterocycles. The molecule has 7 heteroatoms. The Morgan fingerprint density at radius 2 is 1.81 bits per heavy atom. The maximum absolute atomic E-state index is 12.7. The van der Waals surface area contributed by atoms with Gasteiger partial charge in [0.05, 0.1) is 23.8 Å². The normalized spacial score (nSPS) is 20.4. The standard InChI is InChI=1S/C19H19F3N2O2/c20-19(21,22)14-7-5-12(6-8-14)13-9-15(11-25)24(10-13)17-4-2-1-3-16(17)18(23)26/h1-8,13,15,25H,9-11H2,(H2,23,26)/t13?,15-/m0/s1. The predicted octanol–water partition coefficient (Wildman–Crippen LogP) is 3.16. The van der Waals surface area contributed by atoms with Crippen molar-refractivity contribution in [1.29, 1.82) is 0 Å². The van der Waals surface area contributed by atoms with Gasteiger partial charge in [-0.15, -0.1) is 0 Å². The predicted molar refractivity (Wildman–Crippen MR) is 92.0 cm³/mol. The topological polar surface area (TPSA) is 66.6 Å². The molecule has 0 saturated carbocycles. The van der Waals surface area contributed by atoms with Crippen molar-refractivity contribution in [2.24, 2.45) is 5.73 Å². The Labute approximate surface area is 149 Å². The molecule has 26 heavy (non-hydrogen) atoms. The summed E-state index contributed by atoms with van der Waals surface area (Å²) in [5.74, 6) is -0.606. The molecule has 1 saturated heterocycles. The summed E-state index contributed by atoms with van der Waals surface area (Å²) in [7, 11) is 0. The molecule has 1 heterocycles. The van der Waals surface area contributed by atoms with E-state index in [-0.39, 0.29) is 18.6 Å². The van der Waals surface area contributed by atoms with E-state index in [1.807, 2.05) is 4.90 Å². The van der Waals surface area contributed by atoms with Crippen LogP contribution in [0, 0.1) is 0 Å². The quantitative estimate of drug-likeness (QED) is 0.876. The van der Waals surface area contributed by atoms with E-state index >= 15 is 0 Å². The Morgan fingerprint density at radius 1 is 1.15 bits per heavy atom. The van der Waals surface area contributed by atoms with Gasteiger partial charge in [0.2, 0.25) is 0 Å². The molecule has 0 aliphatic carbocycles. The molecule has 0 radical (unpaired) electrons. The van der Waals surface area contributed by atoms with Crippen molar-refractivity contribution in [3.05, 3.63) is 65.2 Å². The molecule has 1 unspecified atom stereocenters. The average molecular weight is 364 g/mol. The summed E-state index contributed by atoms with van der Waals surface area (Å²) in [6.45, 7) is 0.366. The van der Waals surface area contributed by atoms with Gasteiger partial charge in [0, 0.05) is 18.2 Å². The lowest BCUT2D eigenvalue weighted by Gasteiger charge is -2.27. The maximum Gasteiger partial charge on any atom is 0.416 e. The highest BCUT2D eigenvalue weighted by Crippen LogP contribution is 2.37. The number of carbonyl (C=O) groups is 1. The van der Waals surface area contributed by atoms with Crippen molar-refractivity contribution in [1.82, 2.24) is 0 Å². The summed E-state index contributed by atoms with van der Waals surface area (Å²) in [6.07, 6.45) is -3.79. The van der Waals surface area contributed by atoms with Crippen LogP contribution in [0.2, 0.25) is 0 Å². The second-order valence-corrected chi connectivity index (χ2v) is 6.42. The molecule has 0 spiro atoms. The third kappa shape index (κ3) is 3.53. The Balaban J connectivity index is 1.87. The third-order valence-corrected chi connectivity index (χ3v) is 4.81. The monoisotopic (exact) mass is 364 g/mol. The van der Waals surface area contributed by atoms with Gasteiger partial charge in [-0.2, -0.15) is 13.2 Å². The van der Waals surface area contributed by atoms with Gasteiger partial charge < -0.3 is 15.7 Å². The van der Waals surface area contributed by atoms with Crippen LogP contribution in [0.5, 0.6) is 0 Å². The van der Waals surface area contributed by atoms with Crippen LogP contribution >= 0.6 is 0 Å². The first kappa shape index (κ1) is 18.3. The lowest BCUT2D eigenvalue weighted by atomic mass is 9.95. The summed E-state index contributed by atoms with van der Waals surface area (Å²) in [6, 6.07) is 11.7. The van der Waals surface area contributed by atoms with E-state index in [1.54, 1.807) is 24.3 Å². The lowest BCUT2D eigenvalue weighted by Crippen LogP contribution is -2.33. The number of anilines is 1. The number of halogens is 3. The zero-order valence-corrected chi connectivity index (χ0v) is 13.9. The third-order valence-electron chi connectivity index (χ3n) is 4.81. The van der Waals surface area contributed by atoms with Crippen LogP contribution in [0.25, 0.3) is 0 Å². The van der Waals surface area contributed by atoms with E-state index in [2.05, 4.69) is 0 Å². The van der Waals surface area contributed by atoms with E-state index < -0.39 is 17.6 Å². The van der Waals surface area contributed by atoms with Gasteiger partial charge in [0.15, 0.2) is 0 Å². The fraction of sp³-hybridized carbons (Fsp3) is 0.316. The van der Waals surface area contributed by atoms with Crippen LogP contribution < -0.4 is 10.6 Å². The molecule has 0 bridgehead atoms. The van der Waals surface area contributed by atoms with Gasteiger partial charge >= 0.3 is 6.18 Å². The van der Waals surface area contributed by atoms with Crippen LogP contribution in [0.15, 0.2) is 48.5 Å². The molecule has 138 valence electrons. The number of hydrogen-bond donors (Lipinski definition) is 2. The number of aliphatic hydroxyl groups is 1. The minimum Gasteiger partial charge on any atom is -0.394 e. The number of carbonyl (C=O) groups excluding carboxylic acids is 1. The Bertz CT molecular complexity index is 790. The van der Waals surface area contributed by atoms with Gasteiger partial charge in [0.25, 0.3) is 5.91 Å². The molecule has 0 aromatic heterocycles. The van der Waals surface area contributed by atoms with Crippen LogP contribution in [0.4, 0.5) is 18.9 Å². The van der Waals surface area contributed by atoms with Gasteiger partial charge in [-0.05, 0) is 36.2 Å². The van der Waals surface area contributed by atoms with Crippen LogP contribution in [0.3, 0.4) is 0 Å². The van der Waals surface area contributed by atoms with Crippen molar-refractivity contribution < 1.29 is 23.1 Å². The number of hydrogen-bond acceptors (Lipinski definition) is 3. The Hall–Kier alpha value is -2.54. The van der Waals surface area contributed by atoms with E-state index in [0.717, 1.165) is 17.7 Å². The highest BCUT2D eigenvalue weighted by Gasteiger charge is 2.35. The largest absolute Gasteiger partial charge is 0.416 e. The molecule has 2 aromatic carbocycles. The molecular weight excluding hydrogens is 345 g/mol. The number of amides is 1. The first-order chi connectivity index (χ1) is 12.3. The number of nitrogens with zero attached hydrogens (tertiary/aromatic N) is 1. The van der Waals surface area contributed by atoms with E-state index in [9.17, 15) is 23.1 Å². The molecule has 4 nitrogen and oxygen atoms in total. The highest BCUT2D eigenvalue weighted by atomic mass is 19.4. The number of alkyl halides is 3. The molecule has 2 atom stereocenters. The van der Waals surface area contributed by atoms with Crippen molar-refractivity contribution in [3.63, 3.8) is 0 Å². The second-order valence-electron chi connectivity index (χ2n) is 6.42. The molecular formula is C19H19F3N2O2. The fourth-order valence-corrected chi connectivity index (χ4v) is 3.50. The minimum absolute atomic E-state index is 0.0460. The SMILES string of the molecule is NC(=O)c1ccccc1N1CC(c2ccc(C(F)(F)F)cc2)C[C@H]1CO. The van der Waals surface area contributed by atoms with Crippen LogP contribution in [0.1, 0.15) is 33.8 Å². The van der Waals surface area contributed by atoms with E-state index in [0.29, 0.717) is 24.2 Å². The van der Waals surface area contributed by atoms with Crippen molar-refractivity contribution in [2.45, 2.75) is 24.6 Å². The van der Waals surface area contributed by atoms with Crippen LogP contribution in [-0.4, -0.2) is 30.2 Å². The lowest BCUT2D eigenvalue weighted by molar-refractivity contribution is -0.137. The second kappa shape index (κ2) is 6.99. The molecule has 1 fully saturated rings. The number of benzene rings is 2. The minimum atomic E-state index is -4.37. The zero-order valence-electron chi connectivity index (χ0n) is 13.9. The Morgan fingerprint density at radius 3 is 2.38 bits per heavy atom. The summed E-state index contributed by atoms with van der Waals surface area (Å²) in [5.41, 5.74) is 6.52. The summed E-state index contributed by atoms with van der Waals surface area (Å²) in [5, 5.41) is 9.74. The number of rotatable bonds is 4. The molecule has 2 aromatic rings. The zero-order chi connectivity index (χ0) is 18.9. The Kier molecular flexibility index (Phi) is 4.91. The molecule has 1 amide bonds. The number of nitrogens with two attached hydrogens (primary N) is 1. The van der Waals surface area contributed by atoms with E-state index in [1.165, 1.54) is 12.1 Å². The fourth-order valence-electron chi connectivity index (χ4n) is 3.50. The van der Waals surface area contributed by atoms with Gasteiger partial charge in [-0.3, -0.25) is 4.79 Å². The number of primary amides is 1. The number of para-hydroxylation sites is 1. The molecule has 3 N–H and O–H groups in total. The first-order valence-electron chi connectivity index (χ1n) is 8.24. The maximum atomic E-state index is 12.7. The highest BCUT2D eigenvalue weighted by molar-refractivity contribution is 5.98. The van der Waals surface area contributed by atoms with Crippen molar-refractivity contribution >= 4 is 11.6 Å². The van der Waals surface area contributed by atoms with Crippen LogP contribution in [-0.2, 0) is 6.18 Å². The van der Waals surface area contributed by atoms with Gasteiger partial charge in [-0.1, -0.05) is 24.3 Å². The summed E-state index contributed by atoms with van der Waals surface area (Å²) >= 11 is 0. The van der Waals surface area contributed by atoms with E-state index in [4.69, 9.17) is 5.73 Å². The molecule has 3 rings (SSSR count). The number of aliphatic hydroxyl groups excluding tert-OH is 1. The molecule has 1 aliphatic rings. The average Bonchev–Trinajstić information content (AvgIpc) is 3.05. The van der Waals surface area contributed by atoms with Crippen molar-refractivity contribution in [2.75, 3.05) is 18.1 Å². The summed E-state index contributed by atoms with van der Waals surface area (Å²) in [4.78, 5) is 13.6. The first-order valence-corrected chi connectivity index (χ1v) is 8.24. The summed E-state index contributed by atoms with van der Waals surface area (Å²) < 4.78 is 38.2. The smallest absolute Gasteiger partial charge is 0.394 e. The van der Waals surface area contributed by atoms with Crippen molar-refractivity contribution in [3.8, 4) is 0 Å². The van der Waals surface area contributed by atoms with Gasteiger partial charge in [0.1, 0.15) is 0 Å².